The summed E-state index contributed by atoms with van der Waals surface area (Å²) in [7, 11) is 0. The van der Waals surface area contributed by atoms with Gasteiger partial charge in [0.2, 0.25) is 0 Å². The van der Waals surface area contributed by atoms with Crippen LogP contribution in [0.5, 0.6) is 0 Å². The summed E-state index contributed by atoms with van der Waals surface area (Å²) in [6.07, 6.45) is 1.97. The van der Waals surface area contributed by atoms with Gasteiger partial charge in [-0.2, -0.15) is 0 Å². The fraction of sp³-hybridized carbons (Fsp3) is 0.500. The molecule has 0 bridgehead atoms. The molecule has 0 saturated carbocycles. The maximum atomic E-state index is 10.7. The van der Waals surface area contributed by atoms with Crippen molar-refractivity contribution in [1.82, 2.24) is 5.32 Å². The van der Waals surface area contributed by atoms with Crippen molar-refractivity contribution in [2.24, 2.45) is 0 Å². The van der Waals surface area contributed by atoms with Crippen molar-refractivity contribution >= 4 is 17.0 Å². The smallest absolute Gasteiger partial charge is 0.283 e. The molecule has 0 atom stereocenters. The minimum atomic E-state index is -0.150. The summed E-state index contributed by atoms with van der Waals surface area (Å²) < 4.78 is 0. The third kappa shape index (κ3) is 1.75. The van der Waals surface area contributed by atoms with Crippen LogP contribution in [-0.2, 0) is 0 Å². The first kappa shape index (κ1) is 6.68. The largest absolute Gasteiger partial charge is 0.338 e. The Kier molecular flexibility index (Phi) is 1.53. The Bertz CT molecular complexity index is 167. The number of amides is 1. The molecule has 0 spiro atoms. The highest BCUT2D eigenvalue weighted by atomic mass is 32.2. The quantitative estimate of drug-likeness (QED) is 0.564. The first-order valence-corrected chi connectivity index (χ1v) is 3.65. The molecular weight excluding hydrogens is 134 g/mol. The van der Waals surface area contributed by atoms with E-state index in [9.17, 15) is 4.79 Å². The predicted octanol–water partition coefficient (Wildman–Crippen LogP) is 1.98. The van der Waals surface area contributed by atoms with Crippen LogP contribution < -0.4 is 5.32 Å². The number of carbonyl (C=O) groups is 1. The van der Waals surface area contributed by atoms with Gasteiger partial charge in [0.25, 0.3) is 5.24 Å². The van der Waals surface area contributed by atoms with Crippen molar-refractivity contribution in [3.63, 3.8) is 0 Å². The number of thioether (sulfide) groups is 1. The molecule has 0 radical (unpaired) electrons. The Hall–Kier alpha value is -0.440. The van der Waals surface area contributed by atoms with Gasteiger partial charge in [-0.25, -0.2) is 0 Å². The highest BCUT2D eigenvalue weighted by Crippen LogP contribution is 2.17. The van der Waals surface area contributed by atoms with Gasteiger partial charge in [-0.05, 0) is 31.0 Å². The Labute approximate surface area is 60.2 Å². The summed E-state index contributed by atoms with van der Waals surface area (Å²) in [5, 5.41) is 4.64. The van der Waals surface area contributed by atoms with Crippen LogP contribution in [0.1, 0.15) is 15.3 Å². The summed E-state index contributed by atoms with van der Waals surface area (Å²) in [5.41, 5.74) is -0.150. The second-order valence-electron chi connectivity index (χ2n) is 2.55. The molecule has 9 heavy (non-hydrogen) atoms. The average molecular weight is 145 g/mol. The second kappa shape index (κ2) is 2.06. The normalized spacial score (nSPS) is 23.6. The number of carbonyl (C=O) groups excluding carboxylic acids is 1. The van der Waals surface area contributed by atoms with Gasteiger partial charge < -0.3 is 5.32 Å². The van der Waals surface area contributed by atoms with Gasteiger partial charge in [0.1, 0.15) is 0 Å². The van der Waals surface area contributed by atoms with E-state index in [4.69, 9.17) is 0 Å². The fourth-order valence-corrected chi connectivity index (χ4v) is 1.45. The van der Waals surface area contributed by atoms with Crippen LogP contribution in [0.4, 0.5) is 4.79 Å². The highest BCUT2D eigenvalue weighted by molar-refractivity contribution is 8.16. The van der Waals surface area contributed by atoms with E-state index in [1.807, 2.05) is 25.3 Å². The minimum absolute atomic E-state index is 0. The molecule has 1 aliphatic rings. The fourth-order valence-electron chi connectivity index (χ4n) is 0.600. The molecule has 52 valence electrons. The van der Waals surface area contributed by atoms with Gasteiger partial charge in [0, 0.05) is 1.43 Å². The molecule has 1 amide bonds. The van der Waals surface area contributed by atoms with Gasteiger partial charge in [0.15, 0.2) is 0 Å². The third-order valence-electron chi connectivity index (χ3n) is 1.08. The molecule has 2 nitrogen and oxygen atoms in total. The van der Waals surface area contributed by atoms with Crippen molar-refractivity contribution < 1.29 is 6.22 Å². The molecule has 0 fully saturated rings. The van der Waals surface area contributed by atoms with Gasteiger partial charge in [-0.3, -0.25) is 4.79 Å². The van der Waals surface area contributed by atoms with Crippen molar-refractivity contribution in [2.75, 3.05) is 0 Å². The number of rotatable bonds is 0. The summed E-state index contributed by atoms with van der Waals surface area (Å²) in [6, 6.07) is 0. The molecule has 0 saturated heterocycles. The monoisotopic (exact) mass is 145 g/mol. The van der Waals surface area contributed by atoms with Crippen LogP contribution in [-0.4, -0.2) is 10.8 Å². The van der Waals surface area contributed by atoms with E-state index in [1.54, 1.807) is 0 Å². The molecule has 1 rings (SSSR count). The van der Waals surface area contributed by atoms with Crippen LogP contribution in [0.25, 0.3) is 0 Å². The van der Waals surface area contributed by atoms with Gasteiger partial charge in [-0.1, -0.05) is 6.08 Å². The first-order chi connectivity index (χ1) is 4.10. The number of hydrogen-bond donors (Lipinski definition) is 1. The van der Waals surface area contributed by atoms with Crippen molar-refractivity contribution in [1.29, 1.82) is 0 Å². The van der Waals surface area contributed by atoms with Crippen LogP contribution in [0.15, 0.2) is 11.5 Å². The van der Waals surface area contributed by atoms with Crippen LogP contribution in [0.2, 0.25) is 0 Å². The lowest BCUT2D eigenvalue weighted by Gasteiger charge is -2.24. The van der Waals surface area contributed by atoms with Crippen molar-refractivity contribution in [3.05, 3.63) is 11.5 Å². The lowest BCUT2D eigenvalue weighted by Crippen LogP contribution is -2.41. The molecule has 1 aliphatic heterocycles. The predicted molar refractivity (Wildman–Crippen MR) is 41.5 cm³/mol. The van der Waals surface area contributed by atoms with E-state index in [2.05, 4.69) is 5.32 Å². The van der Waals surface area contributed by atoms with Crippen molar-refractivity contribution in [2.45, 2.75) is 19.4 Å². The van der Waals surface area contributed by atoms with Gasteiger partial charge in [0.05, 0.1) is 5.54 Å². The maximum absolute atomic E-state index is 10.7. The van der Waals surface area contributed by atoms with Crippen LogP contribution in [0.3, 0.4) is 0 Å². The number of hydrogen-bond acceptors (Lipinski definition) is 2. The number of nitrogens with one attached hydrogen (secondary N) is 1. The van der Waals surface area contributed by atoms with E-state index >= 15 is 0 Å². The summed E-state index contributed by atoms with van der Waals surface area (Å²) in [4.78, 5) is 10.7. The molecule has 3 heteroatoms. The zero-order valence-electron chi connectivity index (χ0n) is 5.47. The molecule has 0 aromatic rings. The highest BCUT2D eigenvalue weighted by Gasteiger charge is 2.19. The topological polar surface area (TPSA) is 29.1 Å². The standard InChI is InChI=1S/C6H9NOS.H2/c1-6(2)3-4-9-5(8)7-6;/h3-4H,1-2H3,(H,7,8);1H. The van der Waals surface area contributed by atoms with Crippen LogP contribution in [0, 0.1) is 0 Å². The second-order valence-corrected chi connectivity index (χ2v) is 3.43. The van der Waals surface area contributed by atoms with Crippen LogP contribution >= 0.6 is 11.8 Å². The third-order valence-corrected chi connectivity index (χ3v) is 1.67. The zero-order chi connectivity index (χ0) is 6.91. The first-order valence-electron chi connectivity index (χ1n) is 2.77. The summed E-state index contributed by atoms with van der Waals surface area (Å²) >= 11 is 1.19. The average Bonchev–Trinajstić information content (AvgIpc) is 1.60. The molecule has 0 aromatic heterocycles. The Morgan fingerprint density at radius 3 is 2.78 bits per heavy atom. The van der Waals surface area contributed by atoms with E-state index in [1.165, 1.54) is 11.8 Å². The molecule has 1 heterocycles. The molecule has 0 aromatic carbocycles. The molecule has 1 N–H and O–H groups in total. The lowest BCUT2D eigenvalue weighted by atomic mass is 10.1. The Morgan fingerprint density at radius 2 is 2.44 bits per heavy atom. The van der Waals surface area contributed by atoms with E-state index in [0.717, 1.165) is 0 Å². The van der Waals surface area contributed by atoms with Gasteiger partial charge in [-0.15, -0.1) is 0 Å². The molecule has 0 unspecified atom stereocenters. The summed E-state index contributed by atoms with van der Waals surface area (Å²) in [6.45, 7) is 3.92. The summed E-state index contributed by atoms with van der Waals surface area (Å²) in [5.74, 6) is 0. The van der Waals surface area contributed by atoms with Crippen molar-refractivity contribution in [3.8, 4) is 0 Å². The van der Waals surface area contributed by atoms with E-state index in [0.29, 0.717) is 0 Å². The molecule has 0 aliphatic carbocycles. The molecular formula is C6H11NOS. The van der Waals surface area contributed by atoms with E-state index in [-0.39, 0.29) is 12.2 Å². The Morgan fingerprint density at radius 1 is 1.78 bits per heavy atom. The zero-order valence-corrected chi connectivity index (χ0v) is 6.29. The van der Waals surface area contributed by atoms with E-state index < -0.39 is 0 Å². The maximum Gasteiger partial charge on any atom is 0.283 e. The SMILES string of the molecule is CC1(C)C=CSC(=O)N1.[HH]. The van der Waals surface area contributed by atoms with Gasteiger partial charge >= 0.3 is 0 Å². The Balaban J connectivity index is 0.000000810. The minimum Gasteiger partial charge on any atom is -0.338 e. The lowest BCUT2D eigenvalue weighted by molar-refractivity contribution is 0.255.